The molecule has 0 bridgehead atoms. The van der Waals surface area contributed by atoms with Gasteiger partial charge in [0.1, 0.15) is 0 Å². The van der Waals surface area contributed by atoms with Crippen molar-refractivity contribution in [1.82, 2.24) is 0 Å². The van der Waals surface area contributed by atoms with Crippen LogP contribution in [0.15, 0.2) is 36.7 Å². The predicted molar refractivity (Wildman–Crippen MR) is 89.3 cm³/mol. The molecule has 2 heteroatoms. The molecule has 2 heterocycles. The van der Waals surface area contributed by atoms with Crippen molar-refractivity contribution in [2.75, 3.05) is 0 Å². The number of nitrogens with zero attached hydrogens (tertiary/aromatic N) is 2. The Hall–Kier alpha value is -2.14. The van der Waals surface area contributed by atoms with Crippen LogP contribution in [0.5, 0.6) is 0 Å². The highest BCUT2D eigenvalue weighted by Gasteiger charge is 2.06. The van der Waals surface area contributed by atoms with Gasteiger partial charge in [0.05, 0.1) is 0 Å². The summed E-state index contributed by atoms with van der Waals surface area (Å²) in [5.74, 6) is 6.60. The number of rotatable bonds is 4. The second-order valence-electron chi connectivity index (χ2n) is 5.67. The van der Waals surface area contributed by atoms with Crippen molar-refractivity contribution in [3.63, 3.8) is 0 Å². The van der Waals surface area contributed by atoms with Gasteiger partial charge in [-0.1, -0.05) is 13.8 Å². The third-order valence-electron chi connectivity index (χ3n) is 4.07. The van der Waals surface area contributed by atoms with Crippen molar-refractivity contribution in [3.05, 3.63) is 59.2 Å². The van der Waals surface area contributed by atoms with Crippen LogP contribution in [0.2, 0.25) is 0 Å². The van der Waals surface area contributed by atoms with Crippen molar-refractivity contribution in [2.24, 2.45) is 0 Å². The minimum absolute atomic E-state index is 0.757. The Kier molecular flexibility index (Phi) is 5.72. The molecule has 2 aromatic rings. The van der Waals surface area contributed by atoms with Crippen molar-refractivity contribution >= 4 is 0 Å². The first-order valence-electron chi connectivity index (χ1n) is 8.07. The van der Waals surface area contributed by atoms with E-state index in [1.54, 1.807) is 0 Å². The van der Waals surface area contributed by atoms with Gasteiger partial charge in [0.2, 0.25) is 13.1 Å². The van der Waals surface area contributed by atoms with Crippen LogP contribution >= 0.6 is 0 Å². The summed E-state index contributed by atoms with van der Waals surface area (Å²) in [7, 11) is 0. The highest BCUT2D eigenvalue weighted by molar-refractivity contribution is 5.10. The fourth-order valence-corrected chi connectivity index (χ4v) is 2.38. The van der Waals surface area contributed by atoms with Gasteiger partial charge in [-0.25, -0.2) is 0 Å². The molecule has 0 atom stereocenters. The average molecular weight is 294 g/mol. The summed E-state index contributed by atoms with van der Waals surface area (Å²) in [5.41, 5.74) is 5.22. The molecule has 0 saturated heterocycles. The van der Waals surface area contributed by atoms with Crippen LogP contribution < -0.4 is 9.13 Å². The van der Waals surface area contributed by atoms with E-state index in [0.717, 1.165) is 25.9 Å². The second kappa shape index (κ2) is 7.75. The second-order valence-corrected chi connectivity index (χ2v) is 5.67. The Bertz CT molecular complexity index is 646. The summed E-state index contributed by atoms with van der Waals surface area (Å²) in [6.45, 7) is 10.1. The highest BCUT2D eigenvalue weighted by atomic mass is 15.0. The Morgan fingerprint density at radius 3 is 1.50 bits per heavy atom. The van der Waals surface area contributed by atoms with Crippen molar-refractivity contribution < 1.29 is 9.13 Å². The molecule has 0 saturated carbocycles. The van der Waals surface area contributed by atoms with Gasteiger partial charge in [-0.05, 0) is 36.8 Å². The van der Waals surface area contributed by atoms with Gasteiger partial charge in [0.25, 0.3) is 0 Å². The van der Waals surface area contributed by atoms with E-state index in [-0.39, 0.29) is 0 Å². The van der Waals surface area contributed by atoms with E-state index in [9.17, 15) is 0 Å². The molecule has 0 spiro atoms. The standard InChI is InChI=1S/C20H26N2/c1-5-19-11-9-17(3)21(15-19)13-7-8-14-22-16-20(6-2)12-10-18(22)4/h9-12,15-16H,5-6,13-14H2,1-4H3/q+2. The van der Waals surface area contributed by atoms with Crippen molar-refractivity contribution in [2.45, 2.75) is 53.6 Å². The molecule has 0 aromatic carbocycles. The van der Waals surface area contributed by atoms with E-state index in [1.165, 1.54) is 22.5 Å². The average Bonchev–Trinajstić information content (AvgIpc) is 2.54. The summed E-state index contributed by atoms with van der Waals surface area (Å²) in [6, 6.07) is 8.72. The van der Waals surface area contributed by atoms with Crippen LogP contribution in [0.4, 0.5) is 0 Å². The number of hydrogen-bond donors (Lipinski definition) is 0. The SMILES string of the molecule is CCc1ccc(C)[n+](CC#CC[n+]2cc(CC)ccc2C)c1. The zero-order valence-corrected chi connectivity index (χ0v) is 14.2. The Morgan fingerprint density at radius 1 is 0.727 bits per heavy atom. The van der Waals surface area contributed by atoms with Gasteiger partial charge in [0, 0.05) is 37.1 Å². The monoisotopic (exact) mass is 294 g/mol. The normalized spacial score (nSPS) is 10.2. The molecule has 0 aliphatic heterocycles. The molecule has 0 N–H and O–H groups in total. The van der Waals surface area contributed by atoms with Crippen LogP contribution in [0, 0.1) is 25.7 Å². The maximum Gasteiger partial charge on any atom is 0.209 e. The maximum atomic E-state index is 3.30. The molecule has 22 heavy (non-hydrogen) atoms. The highest BCUT2D eigenvalue weighted by Crippen LogP contribution is 1.99. The molecule has 2 nitrogen and oxygen atoms in total. The molecule has 0 unspecified atom stereocenters. The lowest BCUT2D eigenvalue weighted by molar-refractivity contribution is -0.693. The quantitative estimate of drug-likeness (QED) is 0.605. The van der Waals surface area contributed by atoms with E-state index >= 15 is 0 Å². The minimum Gasteiger partial charge on any atom is -0.191 e. The maximum absolute atomic E-state index is 3.30. The zero-order chi connectivity index (χ0) is 15.9. The smallest absolute Gasteiger partial charge is 0.191 e. The molecule has 0 fully saturated rings. The van der Waals surface area contributed by atoms with E-state index in [1.807, 2.05) is 0 Å². The van der Waals surface area contributed by atoms with E-state index in [0.29, 0.717) is 0 Å². The van der Waals surface area contributed by atoms with E-state index in [4.69, 9.17) is 0 Å². The summed E-state index contributed by atoms with van der Waals surface area (Å²) in [4.78, 5) is 0. The number of pyridine rings is 2. The van der Waals surface area contributed by atoms with Gasteiger partial charge in [-0.3, -0.25) is 0 Å². The lowest BCUT2D eigenvalue weighted by Crippen LogP contribution is -2.38. The Morgan fingerprint density at radius 2 is 1.14 bits per heavy atom. The summed E-state index contributed by atoms with van der Waals surface area (Å²) in [6.07, 6.45) is 6.54. The predicted octanol–water partition coefficient (Wildman–Crippen LogP) is 2.71. The van der Waals surface area contributed by atoms with E-state index in [2.05, 4.69) is 85.3 Å². The lowest BCUT2D eigenvalue weighted by Gasteiger charge is -1.99. The van der Waals surface area contributed by atoms with Crippen LogP contribution in [0.1, 0.15) is 36.4 Å². The molecule has 0 radical (unpaired) electrons. The third-order valence-corrected chi connectivity index (χ3v) is 4.07. The lowest BCUT2D eigenvalue weighted by atomic mass is 10.2. The summed E-state index contributed by atoms with van der Waals surface area (Å²) >= 11 is 0. The van der Waals surface area contributed by atoms with Crippen LogP contribution in [0.3, 0.4) is 0 Å². The topological polar surface area (TPSA) is 7.76 Å². The number of hydrogen-bond acceptors (Lipinski definition) is 0. The van der Waals surface area contributed by atoms with Gasteiger partial charge in [-0.15, -0.1) is 0 Å². The zero-order valence-electron chi connectivity index (χ0n) is 14.2. The molecular formula is C20H26N2+2. The summed E-state index contributed by atoms with van der Waals surface area (Å²) in [5, 5.41) is 0. The third kappa shape index (κ3) is 4.18. The molecule has 0 amide bonds. The fraction of sp³-hybridized carbons (Fsp3) is 0.400. The van der Waals surface area contributed by atoms with Crippen LogP contribution in [-0.2, 0) is 25.9 Å². The molecular weight excluding hydrogens is 268 g/mol. The molecule has 0 aliphatic rings. The Labute approximate surface area is 134 Å². The van der Waals surface area contributed by atoms with E-state index < -0.39 is 0 Å². The number of aryl methyl sites for hydroxylation is 4. The van der Waals surface area contributed by atoms with Gasteiger partial charge < -0.3 is 0 Å². The van der Waals surface area contributed by atoms with Crippen LogP contribution in [-0.4, -0.2) is 0 Å². The minimum atomic E-state index is 0.757. The first-order chi connectivity index (χ1) is 10.6. The molecule has 2 aromatic heterocycles. The first-order valence-corrected chi connectivity index (χ1v) is 8.07. The number of aromatic nitrogens is 2. The largest absolute Gasteiger partial charge is 0.209 e. The van der Waals surface area contributed by atoms with Crippen LogP contribution in [0.25, 0.3) is 0 Å². The fourth-order valence-electron chi connectivity index (χ4n) is 2.38. The molecule has 114 valence electrons. The Balaban J connectivity index is 2.06. The van der Waals surface area contributed by atoms with Gasteiger partial charge in [-0.2, -0.15) is 9.13 Å². The van der Waals surface area contributed by atoms with Gasteiger partial charge in [0.15, 0.2) is 23.8 Å². The molecule has 0 aliphatic carbocycles. The van der Waals surface area contributed by atoms with Gasteiger partial charge >= 0.3 is 0 Å². The van der Waals surface area contributed by atoms with Crippen molar-refractivity contribution in [1.29, 1.82) is 0 Å². The molecule has 2 rings (SSSR count). The van der Waals surface area contributed by atoms with Crippen molar-refractivity contribution in [3.8, 4) is 11.8 Å². The summed E-state index contributed by atoms with van der Waals surface area (Å²) < 4.78 is 4.46. The first kappa shape index (κ1) is 16.2.